The molecule has 1 amide bonds. The lowest BCUT2D eigenvalue weighted by Crippen LogP contribution is -2.30. The lowest BCUT2D eigenvalue weighted by atomic mass is 10.1. The molecule has 2 aromatic rings. The monoisotopic (exact) mass is 331 g/mol. The van der Waals surface area contributed by atoms with E-state index in [9.17, 15) is 9.59 Å². The first-order chi connectivity index (χ1) is 10.9. The van der Waals surface area contributed by atoms with Crippen molar-refractivity contribution in [2.24, 2.45) is 0 Å². The molecule has 1 heterocycles. The Morgan fingerprint density at radius 1 is 1.26 bits per heavy atom. The summed E-state index contributed by atoms with van der Waals surface area (Å²) in [6.07, 6.45) is 0. The maximum absolute atomic E-state index is 12.2. The standard InChI is InChI=1S/C17H21N3O2S/c1-5-20(11(2)3)14-8-6-13(7-9-14)16(22)19-17-18-15(10-23-17)12(4)21/h6-11H,5H2,1-4H3,(H,18,19,22). The molecule has 0 aliphatic carbocycles. The van der Waals surface area contributed by atoms with Gasteiger partial charge in [-0.1, -0.05) is 0 Å². The third-order valence-electron chi connectivity index (χ3n) is 3.51. The van der Waals surface area contributed by atoms with Crippen molar-refractivity contribution in [2.45, 2.75) is 33.7 Å². The number of ketones is 1. The molecule has 0 atom stereocenters. The molecule has 0 radical (unpaired) electrons. The van der Waals surface area contributed by atoms with E-state index >= 15 is 0 Å². The molecule has 5 nitrogen and oxygen atoms in total. The molecule has 1 N–H and O–H groups in total. The van der Waals surface area contributed by atoms with Gasteiger partial charge in [0.1, 0.15) is 5.69 Å². The molecule has 23 heavy (non-hydrogen) atoms. The van der Waals surface area contributed by atoms with E-state index in [0.29, 0.717) is 22.4 Å². The van der Waals surface area contributed by atoms with Crippen molar-refractivity contribution in [1.82, 2.24) is 4.98 Å². The second-order valence-electron chi connectivity index (χ2n) is 5.47. The summed E-state index contributed by atoms with van der Waals surface area (Å²) in [6.45, 7) is 8.75. The summed E-state index contributed by atoms with van der Waals surface area (Å²) in [5.41, 5.74) is 2.02. The van der Waals surface area contributed by atoms with Crippen LogP contribution in [-0.2, 0) is 0 Å². The van der Waals surface area contributed by atoms with Crippen molar-refractivity contribution in [3.63, 3.8) is 0 Å². The Bertz CT molecular complexity index is 692. The van der Waals surface area contributed by atoms with Gasteiger partial charge in [-0.3, -0.25) is 14.9 Å². The molecular weight excluding hydrogens is 310 g/mol. The molecule has 0 bridgehead atoms. The van der Waals surface area contributed by atoms with Crippen LogP contribution in [0.15, 0.2) is 29.6 Å². The van der Waals surface area contributed by atoms with Gasteiger partial charge in [-0.05, 0) is 45.0 Å². The Morgan fingerprint density at radius 2 is 1.91 bits per heavy atom. The first-order valence-corrected chi connectivity index (χ1v) is 8.44. The third-order valence-corrected chi connectivity index (χ3v) is 4.27. The SMILES string of the molecule is CCN(c1ccc(C(=O)Nc2nc(C(C)=O)cs2)cc1)C(C)C. The number of amides is 1. The van der Waals surface area contributed by atoms with Gasteiger partial charge in [-0.25, -0.2) is 4.98 Å². The van der Waals surface area contributed by atoms with Crippen LogP contribution in [-0.4, -0.2) is 29.3 Å². The molecule has 122 valence electrons. The van der Waals surface area contributed by atoms with Crippen molar-refractivity contribution < 1.29 is 9.59 Å². The summed E-state index contributed by atoms with van der Waals surface area (Å²) in [5, 5.41) is 4.80. The number of nitrogens with zero attached hydrogens (tertiary/aromatic N) is 2. The van der Waals surface area contributed by atoms with Gasteiger partial charge in [-0.2, -0.15) is 0 Å². The summed E-state index contributed by atoms with van der Waals surface area (Å²) in [4.78, 5) is 29.8. The van der Waals surface area contributed by atoms with E-state index in [1.165, 1.54) is 18.3 Å². The molecule has 1 aromatic heterocycles. The summed E-state index contributed by atoms with van der Waals surface area (Å²) >= 11 is 1.24. The number of carbonyl (C=O) groups excluding carboxylic acids is 2. The zero-order valence-corrected chi connectivity index (χ0v) is 14.6. The predicted octanol–water partition coefficient (Wildman–Crippen LogP) is 3.83. The number of carbonyl (C=O) groups is 2. The molecule has 0 saturated carbocycles. The minimum absolute atomic E-state index is 0.112. The number of benzene rings is 1. The summed E-state index contributed by atoms with van der Waals surface area (Å²) in [7, 11) is 0. The average Bonchev–Trinajstić information content (AvgIpc) is 2.97. The largest absolute Gasteiger partial charge is 0.369 e. The van der Waals surface area contributed by atoms with Crippen molar-refractivity contribution in [3.05, 3.63) is 40.9 Å². The predicted molar refractivity (Wildman–Crippen MR) is 94.7 cm³/mol. The van der Waals surface area contributed by atoms with Crippen LogP contribution in [0.4, 0.5) is 10.8 Å². The fraction of sp³-hybridized carbons (Fsp3) is 0.353. The molecule has 1 aromatic carbocycles. The van der Waals surface area contributed by atoms with Crippen molar-refractivity contribution >= 4 is 33.8 Å². The van der Waals surface area contributed by atoms with Crippen LogP contribution >= 0.6 is 11.3 Å². The maximum atomic E-state index is 12.2. The molecule has 0 fully saturated rings. The molecule has 0 unspecified atom stereocenters. The minimum Gasteiger partial charge on any atom is -0.369 e. The lowest BCUT2D eigenvalue weighted by Gasteiger charge is -2.27. The van der Waals surface area contributed by atoms with Crippen LogP contribution in [0.1, 0.15) is 48.5 Å². The highest BCUT2D eigenvalue weighted by molar-refractivity contribution is 7.14. The molecule has 6 heteroatoms. The maximum Gasteiger partial charge on any atom is 0.257 e. The molecule has 2 rings (SSSR count). The van der Waals surface area contributed by atoms with E-state index in [1.807, 2.05) is 12.1 Å². The summed E-state index contributed by atoms with van der Waals surface area (Å²) in [6, 6.07) is 7.90. The molecule has 0 spiro atoms. The second-order valence-corrected chi connectivity index (χ2v) is 6.33. The highest BCUT2D eigenvalue weighted by Crippen LogP contribution is 2.20. The number of hydrogen-bond donors (Lipinski definition) is 1. The van der Waals surface area contributed by atoms with Crippen LogP contribution in [0.5, 0.6) is 0 Å². The normalized spacial score (nSPS) is 10.7. The quantitative estimate of drug-likeness (QED) is 0.817. The van der Waals surface area contributed by atoms with Gasteiger partial charge in [0.2, 0.25) is 0 Å². The van der Waals surface area contributed by atoms with E-state index in [2.05, 4.69) is 36.0 Å². The minimum atomic E-state index is -0.228. The number of nitrogens with one attached hydrogen (secondary N) is 1. The van der Waals surface area contributed by atoms with Gasteiger partial charge in [0.05, 0.1) is 0 Å². The van der Waals surface area contributed by atoms with Crippen LogP contribution in [0.2, 0.25) is 0 Å². The van der Waals surface area contributed by atoms with Crippen LogP contribution in [0.3, 0.4) is 0 Å². The number of thiazole rings is 1. The number of Topliss-reactive ketones (excluding diaryl/α,β-unsaturated/α-hetero) is 1. The Hall–Kier alpha value is -2.21. The summed E-state index contributed by atoms with van der Waals surface area (Å²) in [5.74, 6) is -0.340. The fourth-order valence-electron chi connectivity index (χ4n) is 2.31. The zero-order valence-electron chi connectivity index (χ0n) is 13.8. The average molecular weight is 331 g/mol. The second kappa shape index (κ2) is 7.37. The van der Waals surface area contributed by atoms with Gasteiger partial charge in [0.15, 0.2) is 10.9 Å². The third kappa shape index (κ3) is 4.16. The highest BCUT2D eigenvalue weighted by atomic mass is 32.1. The van der Waals surface area contributed by atoms with Crippen LogP contribution < -0.4 is 10.2 Å². The highest BCUT2D eigenvalue weighted by Gasteiger charge is 2.12. The molecular formula is C17H21N3O2S. The fourth-order valence-corrected chi connectivity index (χ4v) is 3.06. The van der Waals surface area contributed by atoms with Gasteiger partial charge < -0.3 is 4.90 Å². The van der Waals surface area contributed by atoms with Gasteiger partial charge in [-0.15, -0.1) is 11.3 Å². The molecule has 0 saturated heterocycles. The topological polar surface area (TPSA) is 62.3 Å². The van der Waals surface area contributed by atoms with E-state index < -0.39 is 0 Å². The number of hydrogen-bond acceptors (Lipinski definition) is 5. The van der Waals surface area contributed by atoms with Crippen molar-refractivity contribution in [1.29, 1.82) is 0 Å². The lowest BCUT2D eigenvalue weighted by molar-refractivity contribution is 0.100. The smallest absolute Gasteiger partial charge is 0.257 e. The number of anilines is 2. The zero-order chi connectivity index (χ0) is 17.0. The Morgan fingerprint density at radius 3 is 2.39 bits per heavy atom. The van der Waals surface area contributed by atoms with Crippen molar-refractivity contribution in [3.8, 4) is 0 Å². The van der Waals surface area contributed by atoms with Gasteiger partial charge in [0.25, 0.3) is 5.91 Å². The van der Waals surface area contributed by atoms with Crippen molar-refractivity contribution in [2.75, 3.05) is 16.8 Å². The van der Waals surface area contributed by atoms with E-state index in [1.54, 1.807) is 17.5 Å². The Balaban J connectivity index is 2.09. The van der Waals surface area contributed by atoms with E-state index in [0.717, 1.165) is 12.2 Å². The Kier molecular flexibility index (Phi) is 5.50. The summed E-state index contributed by atoms with van der Waals surface area (Å²) < 4.78 is 0. The van der Waals surface area contributed by atoms with E-state index in [4.69, 9.17) is 0 Å². The van der Waals surface area contributed by atoms with Crippen LogP contribution in [0, 0.1) is 0 Å². The molecule has 0 aliphatic heterocycles. The van der Waals surface area contributed by atoms with E-state index in [-0.39, 0.29) is 11.7 Å². The van der Waals surface area contributed by atoms with Crippen LogP contribution in [0.25, 0.3) is 0 Å². The molecule has 0 aliphatic rings. The first-order valence-electron chi connectivity index (χ1n) is 7.57. The first kappa shape index (κ1) is 17.1. The van der Waals surface area contributed by atoms with Gasteiger partial charge >= 0.3 is 0 Å². The number of aromatic nitrogens is 1. The number of rotatable bonds is 6. The Labute approximate surface area is 140 Å². The van der Waals surface area contributed by atoms with Gasteiger partial charge in [0, 0.05) is 36.1 Å².